The molecule has 10 aliphatic rings. The lowest BCUT2D eigenvalue weighted by Gasteiger charge is -2.58. The maximum absolute atomic E-state index is 14.7. The molecule has 0 N–H and O–H groups in total. The number of allylic oxidation sites excluding steroid dienone is 1. The van der Waals surface area contributed by atoms with Crippen LogP contribution in [0, 0.1) is 46.3 Å². The van der Waals surface area contributed by atoms with Gasteiger partial charge in [-0.2, -0.15) is 0 Å². The molecule has 26 atom stereocenters. The number of carbonyl (C=O) groups is 7. The average Bonchev–Trinajstić information content (AvgIpc) is 1.54. The number of fused-ring (bicyclic) bond motifs is 8. The number of esters is 7. The predicted octanol–water partition coefficient (Wildman–Crippen LogP) is 12.5. The fourth-order valence-corrected chi connectivity index (χ4v) is 19.9. The van der Waals surface area contributed by atoms with E-state index in [-0.39, 0.29) is 44.8 Å². The fraction of sp³-hybridized carbons (Fsp3) is 0.552. The highest BCUT2D eigenvalue weighted by atomic mass is 16.8. The molecule has 111 heavy (non-hydrogen) atoms. The van der Waals surface area contributed by atoms with E-state index in [0.29, 0.717) is 48.3 Å². The normalized spacial score (nSPS) is 37.7. The smallest absolute Gasteiger partial charge is 0.338 e. The third kappa shape index (κ3) is 16.0. The van der Waals surface area contributed by atoms with Crippen LogP contribution in [0.4, 0.5) is 0 Å². The van der Waals surface area contributed by atoms with Crippen molar-refractivity contribution in [3.8, 4) is 0 Å². The number of carbonyl (C=O) groups excluding carboxylic acids is 7. The Balaban J connectivity index is 0.724. The lowest BCUT2D eigenvalue weighted by Crippen LogP contribution is -2.67. The van der Waals surface area contributed by atoms with Gasteiger partial charge in [-0.05, 0) is 173 Å². The molecule has 4 aliphatic carbocycles. The minimum Gasteiger partial charge on any atom is -0.459 e. The van der Waals surface area contributed by atoms with Crippen LogP contribution in [0.5, 0.6) is 0 Å². The van der Waals surface area contributed by atoms with Gasteiger partial charge in [0.1, 0.15) is 49.8 Å². The van der Waals surface area contributed by atoms with Crippen molar-refractivity contribution in [2.45, 2.75) is 236 Å². The van der Waals surface area contributed by atoms with Crippen molar-refractivity contribution in [2.24, 2.45) is 46.3 Å². The van der Waals surface area contributed by atoms with E-state index < -0.39 is 165 Å². The van der Waals surface area contributed by atoms with Crippen molar-refractivity contribution in [3.63, 3.8) is 0 Å². The maximum Gasteiger partial charge on any atom is 0.338 e. The van der Waals surface area contributed by atoms with E-state index in [1.165, 1.54) is 55.8 Å². The van der Waals surface area contributed by atoms with Crippen molar-refractivity contribution >= 4 is 41.8 Å². The monoisotopic (exact) mass is 1530 g/mol. The van der Waals surface area contributed by atoms with E-state index in [4.69, 9.17) is 80.5 Å². The molecule has 0 aromatic heterocycles. The molecule has 0 bridgehead atoms. The Bertz CT molecular complexity index is 4170. The molecular weight excluding hydrogens is 1430 g/mol. The van der Waals surface area contributed by atoms with E-state index in [9.17, 15) is 33.6 Å². The molecule has 0 radical (unpaired) electrons. The molecule has 1 spiro atoms. The summed E-state index contributed by atoms with van der Waals surface area (Å²) in [7, 11) is 0. The van der Waals surface area contributed by atoms with Gasteiger partial charge in [0, 0.05) is 26.2 Å². The van der Waals surface area contributed by atoms with Gasteiger partial charge >= 0.3 is 41.8 Å². The van der Waals surface area contributed by atoms with Gasteiger partial charge in [-0.15, -0.1) is 0 Å². The van der Waals surface area contributed by atoms with Crippen molar-refractivity contribution in [1.29, 1.82) is 0 Å². The largest absolute Gasteiger partial charge is 0.459 e. The number of rotatable bonds is 20. The summed E-state index contributed by atoms with van der Waals surface area (Å²) < 4.78 is 113. The van der Waals surface area contributed by atoms with Crippen LogP contribution in [-0.4, -0.2) is 178 Å². The number of hydrogen-bond donors (Lipinski definition) is 0. The Morgan fingerprint density at radius 2 is 0.937 bits per heavy atom. The highest BCUT2D eigenvalue weighted by molar-refractivity contribution is 5.92. The zero-order chi connectivity index (χ0) is 77.7. The topological polar surface area (TPSA) is 276 Å². The zero-order valence-electron chi connectivity index (χ0n) is 64.1. The summed E-state index contributed by atoms with van der Waals surface area (Å²) in [5, 5.41) is 0. The predicted molar refractivity (Wildman–Crippen MR) is 393 cm³/mol. The second-order valence-electron chi connectivity index (χ2n) is 32.6. The van der Waals surface area contributed by atoms with Gasteiger partial charge in [-0.25, -0.2) is 24.0 Å². The summed E-state index contributed by atoms with van der Waals surface area (Å²) in [5.74, 6) is -5.01. The van der Waals surface area contributed by atoms with Crippen LogP contribution in [0.2, 0.25) is 0 Å². The Morgan fingerprint density at radius 3 is 1.48 bits per heavy atom. The van der Waals surface area contributed by atoms with Crippen LogP contribution in [0.3, 0.4) is 0 Å². The highest BCUT2D eigenvalue weighted by Crippen LogP contribution is 2.71. The summed E-state index contributed by atoms with van der Waals surface area (Å²) in [6.45, 7) is 16.6. The molecular formula is C87H100O24. The Morgan fingerprint density at radius 1 is 0.459 bits per heavy atom. The van der Waals surface area contributed by atoms with Crippen molar-refractivity contribution < 1.29 is 114 Å². The number of ether oxygens (including phenoxy) is 17. The third-order valence-corrected chi connectivity index (χ3v) is 25.1. The number of hydrogen-bond acceptors (Lipinski definition) is 24. The molecule has 15 rings (SSSR count). The molecule has 6 aliphatic heterocycles. The molecule has 9 fully saturated rings. The highest BCUT2D eigenvalue weighted by Gasteiger charge is 2.70. The Hall–Kier alpha value is -8.27. The molecule has 6 heterocycles. The third-order valence-electron chi connectivity index (χ3n) is 25.1. The van der Waals surface area contributed by atoms with Gasteiger partial charge in [0.05, 0.1) is 52.7 Å². The molecule has 24 nitrogen and oxygen atoms in total. The SMILES string of the molecule is CC(=O)O[C@@H]1[C@@H](OC(C)=O)[C@H](O[C@H]2CC[C@@]3(C)C(=CC[C@H]4[C@@H]5C[C@@H]6O[C@]7(CC[C@@H](C)CO7)[C@@H](C)[C@@H]6[C@@]5(C)CC[C@@H]43)C2)O[C@H](COC(=O)c2ccccc2)[C@H]1O[C@@H]1O[C@@H](C)[C@H](O[C@@H]2O[C@H](COC(=O)c3ccccc3)[C@@H](OC(=O)c3ccccc3)[C@H](OC(=O)c3ccccc3)[C@H]2OC(=O)c2ccccc2)[C@H]2OC(C)(C)O[C@@H]12. The van der Waals surface area contributed by atoms with E-state index in [0.717, 1.165) is 51.6 Å². The summed E-state index contributed by atoms with van der Waals surface area (Å²) in [5.41, 5.74) is 1.98. The van der Waals surface area contributed by atoms with Gasteiger partial charge < -0.3 is 80.5 Å². The van der Waals surface area contributed by atoms with Crippen LogP contribution in [0.15, 0.2) is 163 Å². The van der Waals surface area contributed by atoms with Crippen molar-refractivity contribution in [2.75, 3.05) is 19.8 Å². The van der Waals surface area contributed by atoms with E-state index in [1.807, 2.05) is 0 Å². The molecule has 24 heteroatoms. The zero-order valence-corrected chi connectivity index (χ0v) is 64.1. The maximum atomic E-state index is 14.7. The molecule has 0 amide bonds. The van der Waals surface area contributed by atoms with E-state index in [1.54, 1.807) is 136 Å². The first kappa shape index (κ1) is 78.0. The second-order valence-corrected chi connectivity index (χ2v) is 32.6. The molecule has 0 unspecified atom stereocenters. The first-order valence-corrected chi connectivity index (χ1v) is 39.2. The quantitative estimate of drug-likeness (QED) is 0.0398. The van der Waals surface area contributed by atoms with Gasteiger partial charge in [0.2, 0.25) is 0 Å². The minimum atomic E-state index is -1.82. The summed E-state index contributed by atoms with van der Waals surface area (Å²) in [6.07, 6.45) is -12.0. The van der Waals surface area contributed by atoms with Gasteiger partial charge in [-0.1, -0.05) is 130 Å². The first-order valence-electron chi connectivity index (χ1n) is 39.2. The van der Waals surface area contributed by atoms with Crippen molar-refractivity contribution in [3.05, 3.63) is 191 Å². The standard InChI is InChI=1S/C87H100O24/c1-48-37-42-87(97-45-48)49(2)66-63(109-87)44-62-60-36-35-58-43-59(38-40-85(58,8)61(60)39-41-86(62,66)9)101-81-73(100-52(5)89)70(99-51(4)88)69(65(102-81)47-96-77(91)54-27-17-11-18-28-54)108-83-75-72(110-84(6,7)111-75)67(50(3)98-83)107-82-74(106-80(94)57-33-23-14-24-34-57)71(105-79(93)56-31-21-13-22-32-56)68(104-78(92)55-29-19-12-20-30-55)64(103-82)46-95-76(90)53-25-15-10-16-26-53/h10-35,48-50,59-75,81-83H,36-47H2,1-9H3/t48-,49+,50+,59+,60-,61+,62+,63+,64-,65-,66+,67+,68-,69-,70+,71+,72-,73-,74-,75-,81-,82+,83+,85+,86+,87-/m1/s1. The van der Waals surface area contributed by atoms with Crippen LogP contribution in [0.1, 0.15) is 172 Å². The summed E-state index contributed by atoms with van der Waals surface area (Å²) in [6, 6.07) is 40.4. The Labute approximate surface area is 646 Å². The molecule has 592 valence electrons. The first-order chi connectivity index (χ1) is 53.4. The molecule has 3 saturated carbocycles. The van der Waals surface area contributed by atoms with Gasteiger partial charge in [0.15, 0.2) is 61.0 Å². The van der Waals surface area contributed by atoms with Crippen LogP contribution in [-0.2, 0) is 90.1 Å². The van der Waals surface area contributed by atoms with Crippen molar-refractivity contribution in [1.82, 2.24) is 0 Å². The second kappa shape index (κ2) is 32.3. The van der Waals surface area contributed by atoms with Gasteiger partial charge in [-0.3, -0.25) is 9.59 Å². The van der Waals surface area contributed by atoms with E-state index in [2.05, 4.69) is 33.8 Å². The fourth-order valence-electron chi connectivity index (χ4n) is 19.9. The minimum absolute atomic E-state index is 0.0726. The molecule has 5 aromatic carbocycles. The summed E-state index contributed by atoms with van der Waals surface area (Å²) >= 11 is 0. The van der Waals surface area contributed by atoms with Crippen LogP contribution in [0.25, 0.3) is 0 Å². The lowest BCUT2D eigenvalue weighted by molar-refractivity contribution is -0.368. The van der Waals surface area contributed by atoms with Crippen LogP contribution < -0.4 is 0 Å². The number of benzene rings is 5. The lowest BCUT2D eigenvalue weighted by atomic mass is 9.47. The molecule has 5 aromatic rings. The van der Waals surface area contributed by atoms with Crippen LogP contribution >= 0.6 is 0 Å². The Kier molecular flexibility index (Phi) is 22.7. The summed E-state index contributed by atoms with van der Waals surface area (Å²) in [4.78, 5) is 99.0. The van der Waals surface area contributed by atoms with E-state index >= 15 is 0 Å². The molecule has 6 saturated heterocycles. The average molecular weight is 1530 g/mol. The van der Waals surface area contributed by atoms with Gasteiger partial charge in [0.25, 0.3) is 0 Å².